The van der Waals surface area contributed by atoms with Crippen LogP contribution < -0.4 is 5.32 Å². The van der Waals surface area contributed by atoms with Crippen molar-refractivity contribution in [2.75, 3.05) is 19.8 Å². The monoisotopic (exact) mass is 1210 g/mol. The molecule has 0 saturated carbocycles. The predicted molar refractivity (Wildman–Crippen MR) is 357 cm³/mol. The zero-order valence-corrected chi connectivity index (χ0v) is 56.1. The highest BCUT2D eigenvalue weighted by atomic mass is 16.7. The second-order valence-electron chi connectivity index (χ2n) is 26.4. The second kappa shape index (κ2) is 63.9. The van der Waals surface area contributed by atoms with Gasteiger partial charge < -0.3 is 45.1 Å². The molecule has 1 saturated heterocycles. The van der Waals surface area contributed by atoms with E-state index in [0.29, 0.717) is 19.4 Å². The molecule has 1 amide bonds. The van der Waals surface area contributed by atoms with Gasteiger partial charge >= 0.3 is 5.97 Å². The fraction of sp³-hybridized carbons (Fsp3) is 0.946. The molecule has 1 aliphatic heterocycles. The molecule has 0 radical (unpaired) electrons. The standard InChI is InChI=1S/C74H143NO10/c1-3-5-7-9-11-13-15-16-37-41-44-48-52-56-60-67(77)66(65-84-74-73(82)72(81)71(80)68(64-76)85-74)75-69(78)61-57-53-49-45-42-38-35-33-31-29-27-25-23-21-19-17-18-20-22-24-26-28-30-32-34-36-39-43-47-51-55-59-63-83-70(79)62-58-54-50-46-40-14-12-10-8-6-4-2/h56,60,66-68,71-74,76-77,80-82H,3-55,57-59,61-65H2,1-2H3,(H,75,78)/b60-56+. The first-order valence-corrected chi connectivity index (χ1v) is 37.5. The van der Waals surface area contributed by atoms with Crippen LogP contribution in [0.3, 0.4) is 0 Å². The lowest BCUT2D eigenvalue weighted by Gasteiger charge is -2.40. The SMILES string of the molecule is CCCCCCCCCCCCCC/C=C/C(O)C(COC1OC(CO)C(O)C(O)C1O)NC(=O)CCCCCCCCCCCCCCCCCCCCCCCCCCCCCCCCCCOC(=O)CCCCCCCCCCCCC. The number of hydrogen-bond donors (Lipinski definition) is 6. The predicted octanol–water partition coefficient (Wildman–Crippen LogP) is 19.4. The fourth-order valence-electron chi connectivity index (χ4n) is 12.3. The third-order valence-electron chi connectivity index (χ3n) is 18.2. The van der Waals surface area contributed by atoms with Crippen LogP contribution in [0, 0.1) is 0 Å². The van der Waals surface area contributed by atoms with Crippen LogP contribution in [0.25, 0.3) is 0 Å². The summed E-state index contributed by atoms with van der Waals surface area (Å²) in [6.45, 7) is 4.40. The molecular formula is C74H143NO10. The number of aliphatic hydroxyl groups excluding tert-OH is 5. The largest absolute Gasteiger partial charge is 0.466 e. The molecule has 1 fully saturated rings. The highest BCUT2D eigenvalue weighted by molar-refractivity contribution is 5.76. The first-order valence-electron chi connectivity index (χ1n) is 37.5. The Hall–Kier alpha value is -1.60. The van der Waals surface area contributed by atoms with Crippen molar-refractivity contribution in [2.45, 2.75) is 429 Å². The normalized spacial score (nSPS) is 17.9. The van der Waals surface area contributed by atoms with E-state index in [0.717, 1.165) is 51.4 Å². The van der Waals surface area contributed by atoms with Gasteiger partial charge in [0, 0.05) is 12.8 Å². The summed E-state index contributed by atoms with van der Waals surface area (Å²) in [6.07, 6.45) is 69.3. The minimum Gasteiger partial charge on any atom is -0.466 e. The number of amides is 1. The van der Waals surface area contributed by atoms with Crippen molar-refractivity contribution < 1.29 is 49.3 Å². The van der Waals surface area contributed by atoms with Crippen molar-refractivity contribution in [3.05, 3.63) is 12.2 Å². The summed E-state index contributed by atoms with van der Waals surface area (Å²) < 4.78 is 16.8. The van der Waals surface area contributed by atoms with Gasteiger partial charge in [-0.2, -0.15) is 0 Å². The smallest absolute Gasteiger partial charge is 0.305 e. The van der Waals surface area contributed by atoms with E-state index < -0.39 is 49.5 Å². The Kier molecular flexibility index (Phi) is 61.2. The lowest BCUT2D eigenvalue weighted by molar-refractivity contribution is -0.302. The van der Waals surface area contributed by atoms with Gasteiger partial charge in [-0.05, 0) is 32.1 Å². The van der Waals surface area contributed by atoms with E-state index in [1.165, 1.54) is 308 Å². The quantitative estimate of drug-likeness (QED) is 0.0195. The average molecular weight is 1210 g/mol. The molecule has 1 rings (SSSR count). The molecule has 11 heteroatoms. The number of unbranched alkanes of at least 4 members (excludes halogenated alkanes) is 53. The molecule has 0 spiro atoms. The second-order valence-corrected chi connectivity index (χ2v) is 26.4. The molecule has 7 unspecified atom stereocenters. The van der Waals surface area contributed by atoms with Crippen molar-refractivity contribution >= 4 is 11.9 Å². The molecule has 0 aromatic rings. The van der Waals surface area contributed by atoms with Crippen molar-refractivity contribution in [3.63, 3.8) is 0 Å². The lowest BCUT2D eigenvalue weighted by atomic mass is 9.99. The molecule has 0 aliphatic carbocycles. The number of carbonyl (C=O) groups is 2. The van der Waals surface area contributed by atoms with Crippen LogP contribution >= 0.6 is 0 Å². The number of nitrogens with one attached hydrogen (secondary N) is 1. The van der Waals surface area contributed by atoms with E-state index in [1.807, 2.05) is 6.08 Å². The zero-order valence-electron chi connectivity index (χ0n) is 56.1. The number of hydrogen-bond acceptors (Lipinski definition) is 10. The first kappa shape index (κ1) is 81.4. The number of carbonyl (C=O) groups excluding carboxylic acids is 2. The molecule has 11 nitrogen and oxygen atoms in total. The molecular weight excluding hydrogens is 1060 g/mol. The van der Waals surface area contributed by atoms with E-state index in [2.05, 4.69) is 19.2 Å². The third-order valence-corrected chi connectivity index (χ3v) is 18.2. The van der Waals surface area contributed by atoms with Crippen LogP contribution in [-0.4, -0.2) is 100 Å². The van der Waals surface area contributed by atoms with Crippen LogP contribution in [-0.2, 0) is 23.8 Å². The topological polar surface area (TPSA) is 175 Å². The number of esters is 1. The Balaban J connectivity index is 1.94. The van der Waals surface area contributed by atoms with E-state index in [1.54, 1.807) is 6.08 Å². The van der Waals surface area contributed by atoms with Crippen LogP contribution in [0.5, 0.6) is 0 Å². The number of allylic oxidation sites excluding steroid dienone is 1. The maximum atomic E-state index is 13.1. The summed E-state index contributed by atoms with van der Waals surface area (Å²) in [6, 6.07) is -0.806. The molecule has 0 aromatic carbocycles. The van der Waals surface area contributed by atoms with Gasteiger partial charge in [-0.3, -0.25) is 9.59 Å². The Bertz CT molecular complexity index is 1420. The number of ether oxygens (including phenoxy) is 3. The van der Waals surface area contributed by atoms with Gasteiger partial charge in [0.2, 0.25) is 5.91 Å². The molecule has 1 aliphatic rings. The van der Waals surface area contributed by atoms with Crippen molar-refractivity contribution in [1.82, 2.24) is 5.32 Å². The van der Waals surface area contributed by atoms with Crippen LogP contribution in [0.15, 0.2) is 12.2 Å². The Morgan fingerprint density at radius 1 is 0.424 bits per heavy atom. The van der Waals surface area contributed by atoms with Crippen molar-refractivity contribution in [3.8, 4) is 0 Å². The van der Waals surface area contributed by atoms with Gasteiger partial charge in [0.25, 0.3) is 0 Å². The van der Waals surface area contributed by atoms with E-state index in [4.69, 9.17) is 14.2 Å². The maximum absolute atomic E-state index is 13.1. The molecule has 1 heterocycles. The van der Waals surface area contributed by atoms with Crippen LogP contribution in [0.4, 0.5) is 0 Å². The first-order chi connectivity index (χ1) is 41.7. The summed E-state index contributed by atoms with van der Waals surface area (Å²) in [5, 5.41) is 54.6. The van der Waals surface area contributed by atoms with Crippen molar-refractivity contribution in [2.24, 2.45) is 0 Å². The van der Waals surface area contributed by atoms with Crippen LogP contribution in [0.1, 0.15) is 386 Å². The minimum absolute atomic E-state index is 0.0142. The van der Waals surface area contributed by atoms with Crippen molar-refractivity contribution in [1.29, 1.82) is 0 Å². The highest BCUT2D eigenvalue weighted by Gasteiger charge is 2.44. The molecule has 6 N–H and O–H groups in total. The summed E-state index contributed by atoms with van der Waals surface area (Å²) in [7, 11) is 0. The number of rotatable bonds is 67. The van der Waals surface area contributed by atoms with E-state index >= 15 is 0 Å². The van der Waals surface area contributed by atoms with Gasteiger partial charge in [-0.1, -0.05) is 353 Å². The van der Waals surface area contributed by atoms with Gasteiger partial charge in [0.15, 0.2) is 6.29 Å². The van der Waals surface area contributed by atoms with E-state index in [9.17, 15) is 35.1 Å². The average Bonchev–Trinajstić information content (AvgIpc) is 3.51. The van der Waals surface area contributed by atoms with Crippen LogP contribution in [0.2, 0.25) is 0 Å². The zero-order chi connectivity index (χ0) is 61.6. The Morgan fingerprint density at radius 3 is 1.09 bits per heavy atom. The summed E-state index contributed by atoms with van der Waals surface area (Å²) >= 11 is 0. The molecule has 7 atom stereocenters. The number of aliphatic hydroxyl groups is 5. The summed E-state index contributed by atoms with van der Waals surface area (Å²) in [5.41, 5.74) is 0. The molecule has 85 heavy (non-hydrogen) atoms. The molecule has 0 aromatic heterocycles. The van der Waals surface area contributed by atoms with Gasteiger partial charge in [0.1, 0.15) is 24.4 Å². The highest BCUT2D eigenvalue weighted by Crippen LogP contribution is 2.24. The summed E-state index contributed by atoms with van der Waals surface area (Å²) in [5.74, 6) is -0.160. The minimum atomic E-state index is -1.57. The van der Waals surface area contributed by atoms with E-state index in [-0.39, 0.29) is 18.5 Å². The maximum Gasteiger partial charge on any atom is 0.305 e. The molecule has 504 valence electrons. The van der Waals surface area contributed by atoms with Gasteiger partial charge in [0.05, 0.1) is 32.0 Å². The fourth-order valence-corrected chi connectivity index (χ4v) is 12.3. The molecule has 0 bridgehead atoms. The summed E-state index contributed by atoms with van der Waals surface area (Å²) in [4.78, 5) is 25.1. The lowest BCUT2D eigenvalue weighted by Crippen LogP contribution is -2.60. The van der Waals surface area contributed by atoms with Gasteiger partial charge in [-0.15, -0.1) is 0 Å². The third kappa shape index (κ3) is 52.8. The Labute approximate surface area is 525 Å². The van der Waals surface area contributed by atoms with Gasteiger partial charge in [-0.25, -0.2) is 0 Å². The Morgan fingerprint density at radius 2 is 0.741 bits per heavy atom.